The number of nitrogens with zero attached hydrogens (tertiary/aromatic N) is 1. The number of anilines is 1. The molecule has 0 saturated carbocycles. The van der Waals surface area contributed by atoms with Crippen LogP contribution in [0.1, 0.15) is 53.4 Å². The largest absolute Gasteiger partial charge is 0.493 e. The number of rotatable bonds is 12. The minimum absolute atomic E-state index is 0.00842. The molecule has 0 bridgehead atoms. The average molecular weight is 492 g/mol. The molecule has 0 unspecified atom stereocenters. The number of benzene rings is 2. The fraction of sp³-hybridized carbons (Fsp3) is 0.370. The van der Waals surface area contributed by atoms with Crippen LogP contribution in [0.2, 0.25) is 0 Å². The third-order valence-corrected chi connectivity index (χ3v) is 5.31. The molecule has 1 heterocycles. The molecule has 5 nitrogen and oxygen atoms in total. The second-order valence-corrected chi connectivity index (χ2v) is 8.36. The van der Waals surface area contributed by atoms with Gasteiger partial charge in [-0.1, -0.05) is 0 Å². The van der Waals surface area contributed by atoms with Crippen LogP contribution in [0, 0.1) is 0 Å². The second-order valence-electron chi connectivity index (χ2n) is 8.36. The van der Waals surface area contributed by atoms with E-state index in [1.165, 1.54) is 4.90 Å². The summed E-state index contributed by atoms with van der Waals surface area (Å²) in [6.45, 7) is 1.28. The zero-order valence-corrected chi connectivity index (χ0v) is 19.6. The minimum atomic E-state index is -4.66. The van der Waals surface area contributed by atoms with Crippen LogP contribution in [-0.2, 0) is 17.5 Å². The second kappa shape index (κ2) is 11.8. The fourth-order valence-corrected chi connectivity index (χ4v) is 3.51. The van der Waals surface area contributed by atoms with Crippen LogP contribution >= 0.6 is 0 Å². The van der Waals surface area contributed by atoms with Crippen LogP contribution in [0.15, 0.2) is 65.3 Å². The molecule has 1 N–H and O–H groups in total. The zero-order chi connectivity index (χ0) is 27.2. The van der Waals surface area contributed by atoms with Gasteiger partial charge >= 0.3 is 12.1 Å². The van der Waals surface area contributed by atoms with Gasteiger partial charge in [0, 0.05) is 35.8 Å². The summed E-state index contributed by atoms with van der Waals surface area (Å²) in [7, 11) is 0. The Balaban J connectivity index is 1.93. The Labute approximate surface area is 205 Å². The van der Waals surface area contributed by atoms with Gasteiger partial charge < -0.3 is 19.2 Å². The minimum Gasteiger partial charge on any atom is -0.493 e. The number of aliphatic carboxylic acids is 1. The summed E-state index contributed by atoms with van der Waals surface area (Å²) in [5.41, 5.74) is 0.0464. The van der Waals surface area contributed by atoms with E-state index in [0.29, 0.717) is 30.7 Å². The molecular weight excluding hydrogens is 459 g/mol. The van der Waals surface area contributed by atoms with Crippen molar-refractivity contribution in [3.8, 4) is 17.1 Å². The molecule has 0 aliphatic rings. The highest BCUT2D eigenvalue weighted by molar-refractivity contribution is 5.66. The van der Waals surface area contributed by atoms with Gasteiger partial charge in [-0.3, -0.25) is 4.79 Å². The summed E-state index contributed by atoms with van der Waals surface area (Å²) in [4.78, 5) is 12.1. The molecule has 2 aromatic carbocycles. The van der Waals surface area contributed by atoms with Gasteiger partial charge in [-0.25, -0.2) is 0 Å². The molecular formula is C27H30F3NO4. The Hall–Kier alpha value is -3.42. The van der Waals surface area contributed by atoms with Gasteiger partial charge in [-0.05, 0) is 87.7 Å². The molecule has 1 aromatic heterocycles. The summed E-state index contributed by atoms with van der Waals surface area (Å²) in [6, 6.07) is 12.9. The van der Waals surface area contributed by atoms with Crippen LogP contribution in [0.25, 0.3) is 11.3 Å². The Bertz CT molecular complexity index is 1160. The van der Waals surface area contributed by atoms with Crippen LogP contribution in [0.4, 0.5) is 18.9 Å². The molecule has 0 aliphatic carbocycles. The number of hydrogen-bond acceptors (Lipinski definition) is 4. The molecule has 0 atom stereocenters. The van der Waals surface area contributed by atoms with E-state index >= 15 is 0 Å². The van der Waals surface area contributed by atoms with Gasteiger partial charge in [0.25, 0.3) is 0 Å². The molecule has 8 heteroatoms. The van der Waals surface area contributed by atoms with E-state index in [1.807, 2.05) is 0 Å². The van der Waals surface area contributed by atoms with Crippen molar-refractivity contribution in [3.05, 3.63) is 72.0 Å². The Morgan fingerprint density at radius 3 is 2.46 bits per heavy atom. The monoisotopic (exact) mass is 491 g/mol. The van der Waals surface area contributed by atoms with E-state index < -0.39 is 30.2 Å². The maximum absolute atomic E-state index is 13.6. The van der Waals surface area contributed by atoms with Crippen molar-refractivity contribution in [3.63, 3.8) is 0 Å². The first-order valence-electron chi connectivity index (χ1n) is 12.4. The lowest BCUT2D eigenvalue weighted by molar-refractivity contribution is -0.138. The number of alkyl halides is 3. The van der Waals surface area contributed by atoms with E-state index in [1.54, 1.807) is 56.5 Å². The molecule has 3 rings (SSSR count). The standard InChI is InChI=1S/C27H30F3NO4/c1-19(2)31(23-12-9-20(10-13-23)24-7-6-16-35-24)18-21-17-22(27(28,29)30)11-14-25(21)34-15-5-3-4-8-26(32)33/h6-7,9-14,16-17,19H,3-5,8,15,18H2,1-2H3,(H,32,33)/i18D2. The normalized spacial score (nSPS) is 12.9. The van der Waals surface area contributed by atoms with Crippen molar-refractivity contribution >= 4 is 11.7 Å². The number of unbranched alkanes of at least 4 members (excludes halogenated alkanes) is 2. The molecule has 35 heavy (non-hydrogen) atoms. The number of carboxylic acid groups (broad SMARTS) is 1. The first-order chi connectivity index (χ1) is 17.4. The lowest BCUT2D eigenvalue weighted by Crippen LogP contribution is -2.30. The predicted octanol–water partition coefficient (Wildman–Crippen LogP) is 7.40. The predicted molar refractivity (Wildman–Crippen MR) is 129 cm³/mol. The molecule has 0 saturated heterocycles. The quantitative estimate of drug-likeness (QED) is 0.267. The van der Waals surface area contributed by atoms with Crippen LogP contribution in [-0.4, -0.2) is 23.7 Å². The van der Waals surface area contributed by atoms with Gasteiger partial charge in [0.2, 0.25) is 0 Å². The van der Waals surface area contributed by atoms with E-state index in [2.05, 4.69) is 0 Å². The highest BCUT2D eigenvalue weighted by Gasteiger charge is 2.31. The number of carbonyl (C=O) groups is 1. The van der Waals surface area contributed by atoms with E-state index in [0.717, 1.165) is 23.8 Å². The number of carboxylic acids is 1. The van der Waals surface area contributed by atoms with Crippen LogP contribution in [0.3, 0.4) is 0 Å². The average Bonchev–Trinajstić information content (AvgIpc) is 3.35. The SMILES string of the molecule is [2H]C([2H])(c1cc(C(F)(F)F)ccc1OCCCCCC(=O)O)N(c1ccc(-c2ccco2)cc1)C(C)C. The summed E-state index contributed by atoms with van der Waals surface area (Å²) in [6.07, 6.45) is -1.59. The molecule has 188 valence electrons. The van der Waals surface area contributed by atoms with Crippen molar-refractivity contribution < 1.29 is 35.0 Å². The third-order valence-electron chi connectivity index (χ3n) is 5.31. The summed E-state index contributed by atoms with van der Waals surface area (Å²) < 4.78 is 69.8. The molecule has 3 aromatic rings. The van der Waals surface area contributed by atoms with Crippen molar-refractivity contribution in [2.45, 2.75) is 58.2 Å². The number of halogens is 3. The van der Waals surface area contributed by atoms with Crippen molar-refractivity contribution in [1.82, 2.24) is 0 Å². The lowest BCUT2D eigenvalue weighted by Gasteiger charge is -2.30. The summed E-state index contributed by atoms with van der Waals surface area (Å²) >= 11 is 0. The Morgan fingerprint density at radius 2 is 1.86 bits per heavy atom. The fourth-order valence-electron chi connectivity index (χ4n) is 3.51. The summed E-state index contributed by atoms with van der Waals surface area (Å²) in [5, 5.41) is 8.75. The maximum Gasteiger partial charge on any atom is 0.416 e. The first kappa shape index (κ1) is 23.3. The van der Waals surface area contributed by atoms with Gasteiger partial charge in [0.05, 0.1) is 21.2 Å². The van der Waals surface area contributed by atoms with Crippen molar-refractivity contribution in [1.29, 1.82) is 0 Å². The molecule has 0 amide bonds. The van der Waals surface area contributed by atoms with E-state index in [4.69, 9.17) is 17.0 Å². The highest BCUT2D eigenvalue weighted by atomic mass is 19.4. The van der Waals surface area contributed by atoms with Crippen molar-refractivity contribution in [2.24, 2.45) is 0 Å². The van der Waals surface area contributed by atoms with E-state index in [-0.39, 0.29) is 24.3 Å². The zero-order valence-electron chi connectivity index (χ0n) is 21.6. The highest BCUT2D eigenvalue weighted by Crippen LogP contribution is 2.34. The maximum atomic E-state index is 13.6. The lowest BCUT2D eigenvalue weighted by atomic mass is 10.1. The van der Waals surface area contributed by atoms with E-state index in [9.17, 15) is 18.0 Å². The summed E-state index contributed by atoms with van der Waals surface area (Å²) in [5.74, 6) is -0.248. The van der Waals surface area contributed by atoms with Crippen LogP contribution in [0.5, 0.6) is 5.75 Å². The van der Waals surface area contributed by atoms with Gasteiger partial charge in [0.15, 0.2) is 0 Å². The first-order valence-corrected chi connectivity index (χ1v) is 11.4. The van der Waals surface area contributed by atoms with Gasteiger partial charge in [-0.15, -0.1) is 0 Å². The molecule has 0 aliphatic heterocycles. The topological polar surface area (TPSA) is 62.9 Å². The smallest absolute Gasteiger partial charge is 0.416 e. The van der Waals surface area contributed by atoms with Gasteiger partial charge in [0.1, 0.15) is 11.5 Å². The number of hydrogen-bond donors (Lipinski definition) is 1. The molecule has 0 spiro atoms. The van der Waals surface area contributed by atoms with Gasteiger partial charge in [-0.2, -0.15) is 13.2 Å². The molecule has 0 radical (unpaired) electrons. The Kier molecular flexibility index (Phi) is 7.88. The number of furan rings is 1. The Morgan fingerprint density at radius 1 is 1.11 bits per heavy atom. The van der Waals surface area contributed by atoms with Crippen molar-refractivity contribution in [2.75, 3.05) is 11.5 Å². The number of ether oxygens (including phenoxy) is 1. The molecule has 0 fully saturated rings. The van der Waals surface area contributed by atoms with Crippen LogP contribution < -0.4 is 9.64 Å². The third kappa shape index (κ3) is 7.53.